The van der Waals surface area contributed by atoms with Crippen LogP contribution in [-0.2, 0) is 23.8 Å². The van der Waals surface area contributed by atoms with Crippen molar-refractivity contribution in [2.45, 2.75) is 31.0 Å². The number of rotatable bonds is 10. The van der Waals surface area contributed by atoms with Crippen LogP contribution >= 0.6 is 0 Å². The summed E-state index contributed by atoms with van der Waals surface area (Å²) in [6.07, 6.45) is -1.04. The fourth-order valence-electron chi connectivity index (χ4n) is 4.66. The number of aliphatic carboxylic acids is 1. The molecule has 1 aliphatic carbocycles. The number of alkyl carbamates (subject to hydrolysis) is 1. The summed E-state index contributed by atoms with van der Waals surface area (Å²) in [5, 5.41) is 14.4. The first kappa shape index (κ1) is 24.7. The van der Waals surface area contributed by atoms with Crippen LogP contribution in [0.3, 0.4) is 0 Å². The number of fused-ring (bicyclic) bond motifs is 3. The van der Waals surface area contributed by atoms with Crippen LogP contribution in [0.5, 0.6) is 0 Å². The summed E-state index contributed by atoms with van der Waals surface area (Å²) in [4.78, 5) is 35.7. The van der Waals surface area contributed by atoms with E-state index in [2.05, 4.69) is 34.9 Å². The van der Waals surface area contributed by atoms with Crippen molar-refractivity contribution in [1.82, 2.24) is 10.6 Å². The molecular formula is C26H30N2O7. The van der Waals surface area contributed by atoms with E-state index in [-0.39, 0.29) is 50.7 Å². The summed E-state index contributed by atoms with van der Waals surface area (Å²) in [5.41, 5.74) is 4.59. The summed E-state index contributed by atoms with van der Waals surface area (Å²) >= 11 is 0. The Morgan fingerprint density at radius 3 is 2.31 bits per heavy atom. The number of carbonyl (C=O) groups is 3. The van der Waals surface area contributed by atoms with Gasteiger partial charge in [-0.2, -0.15) is 0 Å². The zero-order valence-corrected chi connectivity index (χ0v) is 19.6. The first-order valence-corrected chi connectivity index (χ1v) is 11.7. The molecule has 1 heterocycles. The summed E-state index contributed by atoms with van der Waals surface area (Å²) < 4.78 is 16.2. The van der Waals surface area contributed by atoms with Crippen molar-refractivity contribution in [2.75, 3.05) is 33.4 Å². The van der Waals surface area contributed by atoms with Crippen molar-refractivity contribution < 1.29 is 33.7 Å². The number of hydrogen-bond acceptors (Lipinski definition) is 6. The number of methoxy groups -OCH3 is 1. The Morgan fingerprint density at radius 1 is 1.06 bits per heavy atom. The average molecular weight is 483 g/mol. The van der Waals surface area contributed by atoms with E-state index in [1.54, 1.807) is 0 Å². The maximum Gasteiger partial charge on any atom is 0.407 e. The molecule has 2 amide bonds. The summed E-state index contributed by atoms with van der Waals surface area (Å²) in [7, 11) is 1.42. The van der Waals surface area contributed by atoms with E-state index < -0.39 is 24.1 Å². The fourth-order valence-corrected chi connectivity index (χ4v) is 4.66. The highest BCUT2D eigenvalue weighted by Crippen LogP contribution is 2.44. The molecule has 0 spiro atoms. The lowest BCUT2D eigenvalue weighted by molar-refractivity contribution is -0.141. The lowest BCUT2D eigenvalue weighted by Gasteiger charge is -2.18. The molecule has 9 heteroatoms. The Bertz CT molecular complexity index is 1030. The number of benzene rings is 2. The molecule has 2 aromatic carbocycles. The van der Waals surface area contributed by atoms with Gasteiger partial charge in [-0.15, -0.1) is 0 Å². The molecule has 1 aliphatic heterocycles. The Hall–Kier alpha value is -3.43. The minimum absolute atomic E-state index is 0.0239. The molecule has 2 aromatic rings. The van der Waals surface area contributed by atoms with Crippen LogP contribution < -0.4 is 10.6 Å². The van der Waals surface area contributed by atoms with Gasteiger partial charge in [0.25, 0.3) is 0 Å². The van der Waals surface area contributed by atoms with Gasteiger partial charge in [0.1, 0.15) is 12.7 Å². The highest BCUT2D eigenvalue weighted by molar-refractivity contribution is 5.81. The molecule has 4 rings (SSSR count). The molecule has 9 nitrogen and oxygen atoms in total. The van der Waals surface area contributed by atoms with Crippen LogP contribution in [0.4, 0.5) is 4.79 Å². The van der Waals surface area contributed by atoms with Gasteiger partial charge < -0.3 is 30.0 Å². The number of carboxylic acids is 1. The normalized spacial score (nSPS) is 19.5. The van der Waals surface area contributed by atoms with Crippen LogP contribution in [0.2, 0.25) is 0 Å². The van der Waals surface area contributed by atoms with Crippen molar-refractivity contribution >= 4 is 18.0 Å². The molecule has 2 aliphatic rings. The standard InChI is InChI=1S/C26H30N2O7/c1-33-23(24(29)28-13-17-12-16(14-34-17)25(30)31)10-11-27-26(32)35-15-22-20-8-4-2-6-18(20)19-7-3-5-9-21(19)22/h2-9,16-17,22-23H,10-15H2,1H3,(H,27,32)(H,28,29)(H,30,31). The van der Waals surface area contributed by atoms with Crippen LogP contribution in [-0.4, -0.2) is 68.7 Å². The second-order valence-electron chi connectivity index (χ2n) is 8.74. The smallest absolute Gasteiger partial charge is 0.407 e. The third kappa shape index (κ3) is 5.80. The van der Waals surface area contributed by atoms with E-state index in [1.165, 1.54) is 7.11 Å². The molecule has 0 saturated carbocycles. The van der Waals surface area contributed by atoms with E-state index in [1.807, 2.05) is 24.3 Å². The molecule has 0 radical (unpaired) electrons. The van der Waals surface area contributed by atoms with E-state index in [0.29, 0.717) is 6.42 Å². The van der Waals surface area contributed by atoms with Crippen molar-refractivity contribution in [2.24, 2.45) is 5.92 Å². The highest BCUT2D eigenvalue weighted by Gasteiger charge is 2.31. The molecule has 1 saturated heterocycles. The SMILES string of the molecule is COC(CCNC(=O)OCC1c2ccccc2-c2ccccc21)C(=O)NCC1CC(C(=O)O)CO1. The lowest BCUT2D eigenvalue weighted by Crippen LogP contribution is -2.41. The minimum atomic E-state index is -0.895. The van der Waals surface area contributed by atoms with Crippen molar-refractivity contribution in [1.29, 1.82) is 0 Å². The highest BCUT2D eigenvalue weighted by atomic mass is 16.5. The van der Waals surface area contributed by atoms with Gasteiger partial charge in [0.05, 0.1) is 18.6 Å². The van der Waals surface area contributed by atoms with Crippen LogP contribution in [0.25, 0.3) is 11.1 Å². The molecule has 3 unspecified atom stereocenters. The van der Waals surface area contributed by atoms with Gasteiger partial charge in [-0.1, -0.05) is 48.5 Å². The largest absolute Gasteiger partial charge is 0.481 e. The minimum Gasteiger partial charge on any atom is -0.481 e. The first-order chi connectivity index (χ1) is 17.0. The number of nitrogens with one attached hydrogen (secondary N) is 2. The van der Waals surface area contributed by atoms with E-state index in [0.717, 1.165) is 22.3 Å². The van der Waals surface area contributed by atoms with E-state index >= 15 is 0 Å². The monoisotopic (exact) mass is 482 g/mol. The number of ether oxygens (including phenoxy) is 3. The molecule has 0 aromatic heterocycles. The van der Waals surface area contributed by atoms with Crippen molar-refractivity contribution in [3.63, 3.8) is 0 Å². The Kier molecular flexibility index (Phi) is 7.99. The van der Waals surface area contributed by atoms with Gasteiger partial charge in [-0.25, -0.2) is 4.79 Å². The number of carboxylic acid groups (broad SMARTS) is 1. The molecular weight excluding hydrogens is 452 g/mol. The van der Waals surface area contributed by atoms with Crippen LogP contribution in [0.15, 0.2) is 48.5 Å². The topological polar surface area (TPSA) is 123 Å². The molecule has 1 fully saturated rings. The quantitative estimate of drug-likeness (QED) is 0.476. The Balaban J connectivity index is 1.20. The zero-order chi connectivity index (χ0) is 24.8. The second-order valence-corrected chi connectivity index (χ2v) is 8.74. The van der Waals surface area contributed by atoms with Gasteiger partial charge in [0.2, 0.25) is 5.91 Å². The third-order valence-corrected chi connectivity index (χ3v) is 6.53. The van der Waals surface area contributed by atoms with E-state index in [9.17, 15) is 14.4 Å². The van der Waals surface area contributed by atoms with Crippen molar-refractivity contribution in [3.8, 4) is 11.1 Å². The van der Waals surface area contributed by atoms with Gasteiger partial charge in [0, 0.05) is 32.5 Å². The lowest BCUT2D eigenvalue weighted by atomic mass is 9.98. The molecule has 186 valence electrons. The zero-order valence-electron chi connectivity index (χ0n) is 19.6. The second kappa shape index (κ2) is 11.3. The van der Waals surface area contributed by atoms with Crippen LogP contribution in [0.1, 0.15) is 29.9 Å². The Labute approximate surface area is 203 Å². The van der Waals surface area contributed by atoms with Gasteiger partial charge in [0.15, 0.2) is 0 Å². The maximum atomic E-state index is 12.4. The van der Waals surface area contributed by atoms with Gasteiger partial charge in [-0.05, 0) is 28.7 Å². The number of hydrogen-bond donors (Lipinski definition) is 3. The fraction of sp³-hybridized carbons (Fsp3) is 0.423. The molecule has 3 atom stereocenters. The van der Waals surface area contributed by atoms with Crippen LogP contribution in [0, 0.1) is 5.92 Å². The van der Waals surface area contributed by atoms with Gasteiger partial charge >= 0.3 is 12.1 Å². The Morgan fingerprint density at radius 2 is 1.71 bits per heavy atom. The summed E-state index contributed by atoms with van der Waals surface area (Å²) in [6.45, 7) is 0.770. The third-order valence-electron chi connectivity index (χ3n) is 6.53. The van der Waals surface area contributed by atoms with Gasteiger partial charge in [-0.3, -0.25) is 9.59 Å². The first-order valence-electron chi connectivity index (χ1n) is 11.7. The number of amides is 2. The molecule has 3 N–H and O–H groups in total. The molecule has 0 bridgehead atoms. The summed E-state index contributed by atoms with van der Waals surface area (Å²) in [6, 6.07) is 16.2. The molecule has 35 heavy (non-hydrogen) atoms. The predicted octanol–water partition coefficient (Wildman–Crippen LogP) is 2.54. The number of carbonyl (C=O) groups excluding carboxylic acids is 2. The summed E-state index contributed by atoms with van der Waals surface area (Å²) in [5.74, 6) is -1.81. The average Bonchev–Trinajstić information content (AvgIpc) is 3.47. The van der Waals surface area contributed by atoms with Crippen molar-refractivity contribution in [3.05, 3.63) is 59.7 Å². The predicted molar refractivity (Wildman–Crippen MR) is 127 cm³/mol. The maximum absolute atomic E-state index is 12.4. The van der Waals surface area contributed by atoms with E-state index in [4.69, 9.17) is 19.3 Å².